The lowest BCUT2D eigenvalue weighted by molar-refractivity contribution is -0.140. The van der Waals surface area contributed by atoms with E-state index >= 15 is 4.39 Å². The molecule has 4 aliphatic rings. The number of nitrogens with one attached hydrogen (secondary N) is 3. The Kier molecular flexibility index (Phi) is 16.5. The molecule has 1 aliphatic carbocycles. The van der Waals surface area contributed by atoms with Crippen molar-refractivity contribution >= 4 is 40.3 Å². The lowest BCUT2D eigenvalue weighted by atomic mass is 9.83. The number of hydrogen-bond donors (Lipinski definition) is 3. The van der Waals surface area contributed by atoms with Gasteiger partial charge >= 0.3 is 0 Å². The predicted molar refractivity (Wildman–Crippen MR) is 273 cm³/mol. The van der Waals surface area contributed by atoms with Crippen LogP contribution in [0.4, 0.5) is 13.2 Å². The average Bonchev–Trinajstić information content (AvgIpc) is 3.42. The molecule has 4 fully saturated rings. The Morgan fingerprint density at radius 1 is 0.716 bits per heavy atom. The van der Waals surface area contributed by atoms with E-state index in [2.05, 4.69) is 25.7 Å². The van der Waals surface area contributed by atoms with Gasteiger partial charge in [0.1, 0.15) is 23.5 Å². The zero-order valence-corrected chi connectivity index (χ0v) is 41.8. The number of carbonyl (C=O) groups is 5. The number of benzene rings is 4. The van der Waals surface area contributed by atoms with Crippen molar-refractivity contribution in [3.8, 4) is 0 Å². The molecule has 3 aliphatic heterocycles. The number of amides is 5. The van der Waals surface area contributed by atoms with Gasteiger partial charge in [0, 0.05) is 106 Å². The number of aromatic nitrogens is 2. The molecule has 0 spiro atoms. The number of likely N-dealkylation sites (tertiary alicyclic amines) is 1. The van der Waals surface area contributed by atoms with Crippen LogP contribution in [0.25, 0.3) is 10.8 Å². The van der Waals surface area contributed by atoms with Crippen LogP contribution in [0.3, 0.4) is 0 Å². The molecular weight excluding hydrogens is 952 g/mol. The molecule has 0 unspecified atom stereocenters. The van der Waals surface area contributed by atoms with Crippen molar-refractivity contribution in [3.63, 3.8) is 0 Å². The smallest absolute Gasteiger partial charge is 0.272 e. The van der Waals surface area contributed by atoms with Crippen LogP contribution >= 0.6 is 0 Å². The predicted octanol–water partition coefficient (Wildman–Crippen LogP) is 5.62. The molecule has 4 heterocycles. The molecular formula is C56H64F3N9O6. The fourth-order valence-electron chi connectivity index (χ4n) is 11.1. The summed E-state index contributed by atoms with van der Waals surface area (Å²) in [6.07, 6.45) is 6.57. The Balaban J connectivity index is 0.761. The van der Waals surface area contributed by atoms with Crippen LogP contribution in [-0.4, -0.2) is 148 Å². The minimum Gasteiger partial charge on any atom is -0.341 e. The van der Waals surface area contributed by atoms with Crippen molar-refractivity contribution in [2.75, 3.05) is 72.0 Å². The summed E-state index contributed by atoms with van der Waals surface area (Å²) >= 11 is 0. The number of piperazine rings is 2. The third-order valence-electron chi connectivity index (χ3n) is 15.4. The van der Waals surface area contributed by atoms with E-state index in [9.17, 15) is 37.5 Å². The number of H-pyrrole nitrogens is 1. The summed E-state index contributed by atoms with van der Waals surface area (Å²) in [5.41, 5.74) is 2.53. The van der Waals surface area contributed by atoms with E-state index in [1.807, 2.05) is 36.1 Å². The van der Waals surface area contributed by atoms with Crippen LogP contribution in [0.5, 0.6) is 0 Å². The molecule has 1 aromatic heterocycles. The van der Waals surface area contributed by atoms with Gasteiger partial charge in [0.05, 0.1) is 29.7 Å². The van der Waals surface area contributed by atoms with E-state index < -0.39 is 29.4 Å². The van der Waals surface area contributed by atoms with E-state index in [1.54, 1.807) is 45.0 Å². The summed E-state index contributed by atoms with van der Waals surface area (Å²) in [5, 5.41) is 14.1. The second-order valence-corrected chi connectivity index (χ2v) is 20.3. The molecule has 5 aromatic rings. The van der Waals surface area contributed by atoms with Crippen molar-refractivity contribution in [2.45, 2.75) is 82.8 Å². The highest BCUT2D eigenvalue weighted by molar-refractivity contribution is 5.98. The van der Waals surface area contributed by atoms with Crippen LogP contribution in [-0.2, 0) is 27.3 Å². The largest absolute Gasteiger partial charge is 0.341 e. The number of halogens is 3. The number of hydrogen-bond acceptors (Lipinski definition) is 9. The maximum Gasteiger partial charge on any atom is 0.272 e. The highest BCUT2D eigenvalue weighted by Gasteiger charge is 2.38. The molecule has 1 saturated carbocycles. The molecule has 0 bridgehead atoms. The first-order valence-corrected chi connectivity index (χ1v) is 26.0. The second-order valence-electron chi connectivity index (χ2n) is 20.3. The molecule has 18 heteroatoms. The summed E-state index contributed by atoms with van der Waals surface area (Å²) in [6, 6.07) is 21.4. The van der Waals surface area contributed by atoms with Gasteiger partial charge < -0.3 is 30.2 Å². The second kappa shape index (κ2) is 23.5. The van der Waals surface area contributed by atoms with E-state index in [4.69, 9.17) is 0 Å². The minimum atomic E-state index is -0.714. The molecule has 74 heavy (non-hydrogen) atoms. The van der Waals surface area contributed by atoms with Crippen LogP contribution < -0.4 is 16.2 Å². The highest BCUT2D eigenvalue weighted by Crippen LogP contribution is 2.31. The normalized spacial score (nSPS) is 19.4. The lowest BCUT2D eigenvalue weighted by Crippen LogP contribution is -2.61. The zero-order chi connectivity index (χ0) is 51.9. The van der Waals surface area contributed by atoms with Crippen molar-refractivity contribution in [3.05, 3.63) is 146 Å². The fraction of sp³-hybridized carbons (Fsp3) is 0.446. The summed E-state index contributed by atoms with van der Waals surface area (Å²) in [6.45, 7) is 5.57. The maximum absolute atomic E-state index is 15.2. The number of carbonyl (C=O) groups excluding carboxylic acids is 5. The number of fused-ring (bicyclic) bond motifs is 1. The van der Waals surface area contributed by atoms with Gasteiger partial charge in [-0.25, -0.2) is 18.3 Å². The Morgan fingerprint density at radius 3 is 2.24 bits per heavy atom. The summed E-state index contributed by atoms with van der Waals surface area (Å²) in [5.74, 6) is -3.13. The van der Waals surface area contributed by atoms with Crippen molar-refractivity contribution in [1.29, 1.82) is 0 Å². The monoisotopic (exact) mass is 1020 g/mol. The summed E-state index contributed by atoms with van der Waals surface area (Å²) in [7, 11) is 0. The number of aromatic amines is 1. The van der Waals surface area contributed by atoms with Gasteiger partial charge in [0.15, 0.2) is 0 Å². The SMILES string of the molecule is C[C@@H]1CN(C(=O)[C@H](NC(=O)c2cccc([C@@H]3CCCN(C(=O)CNCc4ccc(F)cc4F)C3)c2)C2CCCCC2)CCN1CC(=O)N1CCN(C(=O)c2cc(Cc3n[nH]c(=O)c4ccccc34)ccc2F)CC1. The molecule has 3 saturated heterocycles. The van der Waals surface area contributed by atoms with Crippen molar-refractivity contribution in [2.24, 2.45) is 5.92 Å². The quantitative estimate of drug-likeness (QED) is 0.128. The molecule has 4 aromatic carbocycles. The van der Waals surface area contributed by atoms with Gasteiger partial charge in [0.25, 0.3) is 17.4 Å². The maximum atomic E-state index is 15.2. The first-order chi connectivity index (χ1) is 35.8. The standard InChI is InChI=1S/C56H64F3N9O6/c1-36-33-68(26-25-66(36)35-51(70)64-21-23-65(24-22-64)55(73)46-27-37(16-19-47(46)58)28-49-44-14-5-6-15-45(44)54(72)63-62-49)56(74)52(38-9-3-2-4-10-38)61-53(71)40-12-7-11-39(29-40)42-13-8-20-67(34-42)50(69)32-60-31-41-17-18-43(57)30-48(41)59/h5-7,11-12,14-19,27,29-30,36,38,42,52,60H,2-4,8-10,13,20-26,28,31-35H2,1H3,(H,61,71)(H,63,72)/t36-,42-,52-/m1/s1. The molecule has 3 N–H and O–H groups in total. The molecule has 15 nitrogen and oxygen atoms in total. The Bertz CT molecular complexity index is 2940. The number of piperidine rings is 1. The van der Waals surface area contributed by atoms with Gasteiger partial charge in [-0.3, -0.25) is 33.7 Å². The van der Waals surface area contributed by atoms with Crippen molar-refractivity contribution < 1.29 is 37.1 Å². The van der Waals surface area contributed by atoms with E-state index in [1.165, 1.54) is 24.3 Å². The van der Waals surface area contributed by atoms with E-state index in [0.717, 1.165) is 56.6 Å². The molecule has 3 atom stereocenters. The lowest BCUT2D eigenvalue weighted by Gasteiger charge is -2.43. The van der Waals surface area contributed by atoms with Crippen LogP contribution in [0.1, 0.15) is 101 Å². The minimum absolute atomic E-state index is 0.000182. The average molecular weight is 1020 g/mol. The molecule has 9 rings (SSSR count). The third kappa shape index (κ3) is 12.2. The van der Waals surface area contributed by atoms with Gasteiger partial charge in [-0.05, 0) is 86.1 Å². The van der Waals surface area contributed by atoms with E-state index in [-0.39, 0.29) is 97.3 Å². The Morgan fingerprint density at radius 2 is 1.47 bits per heavy atom. The fourth-order valence-corrected chi connectivity index (χ4v) is 11.1. The Labute approximate surface area is 428 Å². The van der Waals surface area contributed by atoms with Gasteiger partial charge in [-0.2, -0.15) is 5.10 Å². The first-order valence-electron chi connectivity index (χ1n) is 26.0. The summed E-state index contributed by atoms with van der Waals surface area (Å²) < 4.78 is 42.7. The topological polar surface area (TPSA) is 171 Å². The van der Waals surface area contributed by atoms with Gasteiger partial charge in [-0.15, -0.1) is 0 Å². The van der Waals surface area contributed by atoms with Crippen LogP contribution in [0.2, 0.25) is 0 Å². The zero-order valence-electron chi connectivity index (χ0n) is 41.8. The molecule has 0 radical (unpaired) electrons. The van der Waals surface area contributed by atoms with Crippen LogP contribution in [0, 0.1) is 23.4 Å². The number of rotatable bonds is 14. The molecule has 5 amide bonds. The first kappa shape index (κ1) is 52.0. The van der Waals surface area contributed by atoms with Crippen molar-refractivity contribution in [1.82, 2.24) is 45.3 Å². The van der Waals surface area contributed by atoms with E-state index in [0.29, 0.717) is 73.4 Å². The molecule has 390 valence electrons. The number of nitrogens with zero attached hydrogens (tertiary/aromatic N) is 6. The van der Waals surface area contributed by atoms with Gasteiger partial charge in [0.2, 0.25) is 17.7 Å². The van der Waals surface area contributed by atoms with Crippen LogP contribution in [0.15, 0.2) is 89.7 Å². The Hall–Kier alpha value is -6.92. The van der Waals surface area contributed by atoms with Gasteiger partial charge in [-0.1, -0.05) is 61.7 Å². The summed E-state index contributed by atoms with van der Waals surface area (Å²) in [4.78, 5) is 90.5. The highest BCUT2D eigenvalue weighted by atomic mass is 19.1. The third-order valence-corrected chi connectivity index (χ3v) is 15.4.